The molecule has 0 bridgehead atoms. The zero-order chi connectivity index (χ0) is 19.2. The number of aliphatic hydroxyl groups is 2. The van der Waals surface area contributed by atoms with Gasteiger partial charge >= 0.3 is 0 Å². The summed E-state index contributed by atoms with van der Waals surface area (Å²) in [5, 5.41) is 20.8. The summed E-state index contributed by atoms with van der Waals surface area (Å²) < 4.78 is 0. The zero-order valence-corrected chi connectivity index (χ0v) is 16.6. The topological polar surface area (TPSA) is 40.5 Å². The van der Waals surface area contributed by atoms with Crippen LogP contribution in [0.2, 0.25) is 0 Å². The summed E-state index contributed by atoms with van der Waals surface area (Å²) in [5.41, 5.74) is 3.90. The second-order valence-corrected chi connectivity index (χ2v) is 7.80. The van der Waals surface area contributed by atoms with Gasteiger partial charge in [0.15, 0.2) is 0 Å². The molecule has 2 nitrogen and oxygen atoms in total. The van der Waals surface area contributed by atoms with Gasteiger partial charge in [-0.3, -0.25) is 0 Å². The molecule has 141 valence electrons. The van der Waals surface area contributed by atoms with Gasteiger partial charge in [-0.2, -0.15) is 0 Å². The number of hydrogen-bond donors (Lipinski definition) is 2. The third kappa shape index (κ3) is 4.96. The maximum absolute atomic E-state index is 10.6. The smallest absolute Gasteiger partial charge is 0.0790 e. The van der Waals surface area contributed by atoms with Crippen LogP contribution in [0.3, 0.4) is 0 Å². The van der Waals surface area contributed by atoms with Gasteiger partial charge in [-0.05, 0) is 47.2 Å². The van der Waals surface area contributed by atoms with Crippen LogP contribution >= 0.6 is 0 Å². The Labute approximate surface area is 158 Å². The third-order valence-electron chi connectivity index (χ3n) is 5.38. The van der Waals surface area contributed by atoms with Crippen molar-refractivity contribution in [3.63, 3.8) is 0 Å². The molecule has 0 fully saturated rings. The molecule has 0 heterocycles. The van der Waals surface area contributed by atoms with Gasteiger partial charge in [0.25, 0.3) is 0 Å². The molecule has 2 unspecified atom stereocenters. The summed E-state index contributed by atoms with van der Waals surface area (Å²) in [6.07, 6.45) is 3.96. The fourth-order valence-electron chi connectivity index (χ4n) is 3.31. The maximum Gasteiger partial charge on any atom is 0.0790 e. The van der Waals surface area contributed by atoms with Gasteiger partial charge in [0.05, 0.1) is 12.2 Å². The minimum absolute atomic E-state index is 0.295. The second-order valence-electron chi connectivity index (χ2n) is 7.80. The summed E-state index contributed by atoms with van der Waals surface area (Å²) in [7, 11) is 0. The predicted octanol–water partition coefficient (Wildman–Crippen LogP) is 5.82. The Kier molecular flexibility index (Phi) is 7.43. The van der Waals surface area contributed by atoms with E-state index in [1.165, 1.54) is 0 Å². The Balaban J connectivity index is 2.23. The molecule has 2 aromatic carbocycles. The summed E-state index contributed by atoms with van der Waals surface area (Å²) in [6.45, 7) is 8.44. The normalized spacial score (nSPS) is 14.2. The van der Waals surface area contributed by atoms with Crippen molar-refractivity contribution in [1.29, 1.82) is 0 Å². The molecule has 2 rings (SSSR count). The Hall–Kier alpha value is -1.64. The fraction of sp³-hybridized carbons (Fsp3) is 0.500. The number of rotatable bonds is 9. The van der Waals surface area contributed by atoms with E-state index in [4.69, 9.17) is 0 Å². The first-order valence-corrected chi connectivity index (χ1v) is 9.88. The highest BCUT2D eigenvalue weighted by molar-refractivity contribution is 5.64. The van der Waals surface area contributed by atoms with Crippen molar-refractivity contribution >= 4 is 0 Å². The highest BCUT2D eigenvalue weighted by Gasteiger charge is 2.29. The molecule has 0 aliphatic carbocycles. The van der Waals surface area contributed by atoms with Gasteiger partial charge in [-0.15, -0.1) is 0 Å². The van der Waals surface area contributed by atoms with Crippen LogP contribution in [0.25, 0.3) is 11.1 Å². The zero-order valence-electron chi connectivity index (χ0n) is 16.6. The van der Waals surface area contributed by atoms with Crippen LogP contribution in [0.5, 0.6) is 0 Å². The van der Waals surface area contributed by atoms with Gasteiger partial charge in [0.2, 0.25) is 0 Å². The lowest BCUT2D eigenvalue weighted by Gasteiger charge is -2.31. The van der Waals surface area contributed by atoms with Crippen LogP contribution in [0.15, 0.2) is 42.5 Å². The van der Waals surface area contributed by atoms with Gasteiger partial charge in [-0.25, -0.2) is 0 Å². The quantitative estimate of drug-likeness (QED) is 0.596. The molecule has 1 radical (unpaired) electrons. The highest BCUT2D eigenvalue weighted by atomic mass is 16.3. The molecule has 0 saturated heterocycles. The molecule has 2 aromatic rings. The molecule has 26 heavy (non-hydrogen) atoms. The van der Waals surface area contributed by atoms with Crippen LogP contribution in [-0.2, 0) is 5.41 Å². The molecule has 0 aromatic heterocycles. The molecule has 0 spiro atoms. The fourth-order valence-corrected chi connectivity index (χ4v) is 3.31. The van der Waals surface area contributed by atoms with E-state index in [-0.39, 0.29) is 11.5 Å². The lowest BCUT2D eigenvalue weighted by atomic mass is 9.77. The third-order valence-corrected chi connectivity index (χ3v) is 5.38. The van der Waals surface area contributed by atoms with Crippen molar-refractivity contribution < 1.29 is 10.2 Å². The van der Waals surface area contributed by atoms with Crippen molar-refractivity contribution in [1.82, 2.24) is 0 Å². The second kappa shape index (κ2) is 9.34. The van der Waals surface area contributed by atoms with E-state index in [9.17, 15) is 10.2 Å². The van der Waals surface area contributed by atoms with Gasteiger partial charge in [-0.1, -0.05) is 83.4 Å². The molecule has 0 amide bonds. The molecule has 2 atom stereocenters. The average molecular weight is 354 g/mol. The molecular weight excluding hydrogens is 320 g/mol. The lowest BCUT2D eigenvalue weighted by molar-refractivity contribution is 0.0890. The van der Waals surface area contributed by atoms with Crippen molar-refractivity contribution in [3.8, 4) is 11.1 Å². The highest BCUT2D eigenvalue weighted by Crippen LogP contribution is 2.33. The minimum Gasteiger partial charge on any atom is -0.392 e. The number of hydrogen-bond acceptors (Lipinski definition) is 2. The largest absolute Gasteiger partial charge is 0.392 e. The minimum atomic E-state index is -0.392. The van der Waals surface area contributed by atoms with E-state index >= 15 is 0 Å². The van der Waals surface area contributed by atoms with E-state index in [2.05, 4.69) is 45.9 Å². The van der Waals surface area contributed by atoms with Gasteiger partial charge < -0.3 is 10.2 Å². The lowest BCUT2D eigenvalue weighted by Crippen LogP contribution is -2.33. The molecule has 0 aliphatic heterocycles. The Bertz CT molecular complexity index is 673. The summed E-state index contributed by atoms with van der Waals surface area (Å²) in [5.74, 6) is 0. The van der Waals surface area contributed by atoms with Crippen LogP contribution in [0.1, 0.15) is 77.0 Å². The van der Waals surface area contributed by atoms with Crippen molar-refractivity contribution in [2.45, 2.75) is 77.4 Å². The van der Waals surface area contributed by atoms with Gasteiger partial charge in [0.1, 0.15) is 0 Å². The van der Waals surface area contributed by atoms with E-state index < -0.39 is 6.10 Å². The average Bonchev–Trinajstić information content (AvgIpc) is 2.66. The first kappa shape index (κ1) is 20.7. The van der Waals surface area contributed by atoms with Crippen molar-refractivity contribution in [3.05, 3.63) is 59.7 Å². The predicted molar refractivity (Wildman–Crippen MR) is 109 cm³/mol. The van der Waals surface area contributed by atoms with Crippen LogP contribution < -0.4 is 0 Å². The first-order chi connectivity index (χ1) is 12.4. The SMILES string of the molecule is CCCCC(O)C(C)(C)c1cc[c]c(-c2ccc(C(O)CCC)cc2)c1. The van der Waals surface area contributed by atoms with Crippen LogP contribution in [0.4, 0.5) is 0 Å². The van der Waals surface area contributed by atoms with Gasteiger partial charge in [0, 0.05) is 5.41 Å². The van der Waals surface area contributed by atoms with Crippen molar-refractivity contribution in [2.75, 3.05) is 0 Å². The Morgan fingerprint density at radius 3 is 2.27 bits per heavy atom. The van der Waals surface area contributed by atoms with E-state index in [1.807, 2.05) is 30.3 Å². The van der Waals surface area contributed by atoms with E-state index in [1.54, 1.807) is 0 Å². The van der Waals surface area contributed by atoms with Crippen LogP contribution in [-0.4, -0.2) is 16.3 Å². The number of benzene rings is 2. The van der Waals surface area contributed by atoms with E-state index in [0.717, 1.165) is 54.4 Å². The summed E-state index contributed by atoms with van der Waals surface area (Å²) >= 11 is 0. The Morgan fingerprint density at radius 2 is 1.65 bits per heavy atom. The molecule has 0 saturated carbocycles. The standard InChI is InChI=1S/C24H33O2/c1-5-7-12-23(26)24(3,4)21-11-8-10-20(17-21)18-13-15-19(16-14-18)22(25)9-6-2/h8,11,13-17,22-23,25-26H,5-7,9,12H2,1-4H3. The number of aliphatic hydroxyl groups excluding tert-OH is 2. The Morgan fingerprint density at radius 1 is 0.962 bits per heavy atom. The van der Waals surface area contributed by atoms with Crippen molar-refractivity contribution in [2.24, 2.45) is 0 Å². The van der Waals surface area contributed by atoms with Crippen LogP contribution in [0, 0.1) is 6.07 Å². The molecule has 2 N–H and O–H groups in total. The monoisotopic (exact) mass is 353 g/mol. The maximum atomic E-state index is 10.6. The molecule has 0 aliphatic rings. The van der Waals surface area contributed by atoms with E-state index in [0.29, 0.717) is 0 Å². The summed E-state index contributed by atoms with van der Waals surface area (Å²) in [6, 6.07) is 17.5. The molecular formula is C24H33O2. The molecule has 2 heteroatoms. The first-order valence-electron chi connectivity index (χ1n) is 9.88. The number of unbranched alkanes of at least 4 members (excludes halogenated alkanes) is 1. The summed E-state index contributed by atoms with van der Waals surface area (Å²) in [4.78, 5) is 0.